The van der Waals surface area contributed by atoms with Crippen LogP contribution in [0.4, 0.5) is 25.0 Å². The lowest BCUT2D eigenvalue weighted by molar-refractivity contribution is 0.192. The molecule has 3 rings (SSSR count). The molecule has 1 N–H and O–H groups in total. The van der Waals surface area contributed by atoms with Crippen molar-refractivity contribution in [3.05, 3.63) is 59.7 Å². The number of piperidine rings is 1. The molecule has 6 heteroatoms. The molecular formula is C20H23F2N3O. The molecule has 0 aliphatic carbocycles. The number of likely N-dealkylation sites (N-methyl/N-ethyl adjacent to an activating group) is 1. The summed E-state index contributed by atoms with van der Waals surface area (Å²) < 4.78 is 26.8. The van der Waals surface area contributed by atoms with E-state index in [1.165, 1.54) is 11.6 Å². The van der Waals surface area contributed by atoms with Gasteiger partial charge in [0.05, 0.1) is 5.69 Å². The summed E-state index contributed by atoms with van der Waals surface area (Å²) >= 11 is 0. The smallest absolute Gasteiger partial charge is 0.321 e. The molecule has 2 aromatic rings. The van der Waals surface area contributed by atoms with Crippen LogP contribution in [0.2, 0.25) is 0 Å². The molecule has 2 amide bonds. The lowest BCUT2D eigenvalue weighted by atomic mass is 10.0. The number of amides is 2. The quantitative estimate of drug-likeness (QED) is 0.881. The monoisotopic (exact) mass is 359 g/mol. The first-order valence-corrected chi connectivity index (χ1v) is 8.74. The van der Waals surface area contributed by atoms with E-state index in [0.717, 1.165) is 30.7 Å². The van der Waals surface area contributed by atoms with Crippen LogP contribution in [0.3, 0.4) is 0 Å². The molecule has 1 fully saturated rings. The number of rotatable bonds is 3. The number of nitrogens with one attached hydrogen (secondary N) is 1. The van der Waals surface area contributed by atoms with Gasteiger partial charge in [0.15, 0.2) is 0 Å². The molecule has 26 heavy (non-hydrogen) atoms. The lowest BCUT2D eigenvalue weighted by Gasteiger charge is -2.38. The van der Waals surface area contributed by atoms with Crippen molar-refractivity contribution in [1.82, 2.24) is 4.90 Å². The van der Waals surface area contributed by atoms with Crippen LogP contribution in [0.1, 0.15) is 18.4 Å². The maximum absolute atomic E-state index is 13.8. The van der Waals surface area contributed by atoms with Gasteiger partial charge in [-0.2, -0.15) is 0 Å². The van der Waals surface area contributed by atoms with Crippen LogP contribution in [-0.4, -0.2) is 37.1 Å². The van der Waals surface area contributed by atoms with Gasteiger partial charge in [0.25, 0.3) is 0 Å². The van der Waals surface area contributed by atoms with E-state index in [1.54, 1.807) is 4.90 Å². The Hall–Kier alpha value is -2.63. The highest BCUT2D eigenvalue weighted by atomic mass is 19.1. The maximum Gasteiger partial charge on any atom is 0.321 e. The lowest BCUT2D eigenvalue weighted by Crippen LogP contribution is -2.50. The average Bonchev–Trinajstić information content (AvgIpc) is 2.64. The number of likely N-dealkylation sites (tertiary alicyclic amines) is 1. The van der Waals surface area contributed by atoms with Gasteiger partial charge in [-0.3, -0.25) is 0 Å². The van der Waals surface area contributed by atoms with Crippen LogP contribution < -0.4 is 10.2 Å². The van der Waals surface area contributed by atoms with Crippen molar-refractivity contribution in [2.75, 3.05) is 30.4 Å². The third-order valence-electron chi connectivity index (χ3n) is 4.85. The standard InChI is InChI=1S/C20H23F2N3O/c1-14-5-8-16(9-6-14)24(2)17-4-3-11-25(13-17)20(26)23-19-10-7-15(21)12-18(19)22/h5-10,12,17H,3-4,11,13H2,1-2H3,(H,23,26)/t17-/m0/s1. The third kappa shape index (κ3) is 4.12. The van der Waals surface area contributed by atoms with Crippen molar-refractivity contribution in [1.29, 1.82) is 0 Å². The Balaban J connectivity index is 1.65. The molecule has 0 bridgehead atoms. The number of nitrogens with zero attached hydrogens (tertiary/aromatic N) is 2. The predicted molar refractivity (Wildman–Crippen MR) is 99.6 cm³/mol. The fourth-order valence-electron chi connectivity index (χ4n) is 3.23. The van der Waals surface area contributed by atoms with Crippen LogP contribution in [0.15, 0.2) is 42.5 Å². The molecule has 0 saturated carbocycles. The topological polar surface area (TPSA) is 35.6 Å². The fourth-order valence-corrected chi connectivity index (χ4v) is 3.23. The van der Waals surface area contributed by atoms with Crippen LogP contribution in [0, 0.1) is 18.6 Å². The molecule has 2 aromatic carbocycles. The van der Waals surface area contributed by atoms with Crippen molar-refractivity contribution >= 4 is 17.4 Å². The van der Waals surface area contributed by atoms with Gasteiger partial charge in [0.2, 0.25) is 0 Å². The Bertz CT molecular complexity index is 779. The zero-order valence-electron chi connectivity index (χ0n) is 15.0. The SMILES string of the molecule is Cc1ccc(N(C)[C@H]2CCCN(C(=O)Nc3ccc(F)cc3F)C2)cc1. The second kappa shape index (κ2) is 7.72. The van der Waals surface area contributed by atoms with Gasteiger partial charge in [0, 0.05) is 37.9 Å². The van der Waals surface area contributed by atoms with Gasteiger partial charge in [-0.1, -0.05) is 17.7 Å². The van der Waals surface area contributed by atoms with E-state index in [0.29, 0.717) is 13.1 Å². The van der Waals surface area contributed by atoms with E-state index in [1.807, 2.05) is 14.0 Å². The summed E-state index contributed by atoms with van der Waals surface area (Å²) in [5, 5.41) is 2.54. The van der Waals surface area contributed by atoms with E-state index >= 15 is 0 Å². The molecule has 4 nitrogen and oxygen atoms in total. The highest BCUT2D eigenvalue weighted by Crippen LogP contribution is 2.23. The van der Waals surface area contributed by atoms with Gasteiger partial charge < -0.3 is 15.1 Å². The van der Waals surface area contributed by atoms with E-state index in [9.17, 15) is 13.6 Å². The number of hydrogen-bond donors (Lipinski definition) is 1. The zero-order chi connectivity index (χ0) is 18.7. The Morgan fingerprint density at radius 3 is 2.62 bits per heavy atom. The van der Waals surface area contributed by atoms with Gasteiger partial charge in [0.1, 0.15) is 11.6 Å². The highest BCUT2D eigenvalue weighted by molar-refractivity contribution is 5.89. The van der Waals surface area contributed by atoms with Crippen LogP contribution in [-0.2, 0) is 0 Å². The summed E-state index contributed by atoms with van der Waals surface area (Å²) in [4.78, 5) is 16.3. The molecule has 1 atom stereocenters. The largest absolute Gasteiger partial charge is 0.370 e. The third-order valence-corrected chi connectivity index (χ3v) is 4.85. The molecule has 1 saturated heterocycles. The number of hydrogen-bond acceptors (Lipinski definition) is 2. The maximum atomic E-state index is 13.8. The Morgan fingerprint density at radius 2 is 1.92 bits per heavy atom. The second-order valence-electron chi connectivity index (χ2n) is 6.74. The van der Waals surface area contributed by atoms with Crippen LogP contribution >= 0.6 is 0 Å². The zero-order valence-corrected chi connectivity index (χ0v) is 15.0. The Labute approximate surface area is 152 Å². The molecule has 138 valence electrons. The van der Waals surface area contributed by atoms with Crippen molar-refractivity contribution in [3.63, 3.8) is 0 Å². The number of benzene rings is 2. The van der Waals surface area contributed by atoms with E-state index in [2.05, 4.69) is 34.5 Å². The minimum atomic E-state index is -0.774. The fraction of sp³-hybridized carbons (Fsp3) is 0.350. The number of carbonyl (C=O) groups is 1. The summed E-state index contributed by atoms with van der Waals surface area (Å²) in [6.45, 7) is 3.22. The molecule has 0 radical (unpaired) electrons. The van der Waals surface area contributed by atoms with E-state index in [4.69, 9.17) is 0 Å². The van der Waals surface area contributed by atoms with Crippen LogP contribution in [0.5, 0.6) is 0 Å². The first-order chi connectivity index (χ1) is 12.4. The van der Waals surface area contributed by atoms with Gasteiger partial charge in [-0.05, 0) is 44.0 Å². The average molecular weight is 359 g/mol. The Kier molecular flexibility index (Phi) is 5.40. The van der Waals surface area contributed by atoms with Gasteiger partial charge in [-0.15, -0.1) is 0 Å². The van der Waals surface area contributed by atoms with Crippen molar-refractivity contribution in [3.8, 4) is 0 Å². The second-order valence-corrected chi connectivity index (χ2v) is 6.74. The molecule has 0 aromatic heterocycles. The molecule has 1 heterocycles. The summed E-state index contributed by atoms with van der Waals surface area (Å²) in [6.07, 6.45) is 1.86. The van der Waals surface area contributed by atoms with Gasteiger partial charge >= 0.3 is 6.03 Å². The number of halogens is 2. The first-order valence-electron chi connectivity index (χ1n) is 8.74. The minimum absolute atomic E-state index is 0.00888. The number of carbonyl (C=O) groups excluding carboxylic acids is 1. The predicted octanol–water partition coefficient (Wildman–Crippen LogP) is 4.41. The van der Waals surface area contributed by atoms with E-state index in [-0.39, 0.29) is 17.8 Å². The highest BCUT2D eigenvalue weighted by Gasteiger charge is 2.27. The summed E-state index contributed by atoms with van der Waals surface area (Å²) in [6, 6.07) is 11.2. The summed E-state index contributed by atoms with van der Waals surface area (Å²) in [5.74, 6) is -1.44. The van der Waals surface area contributed by atoms with Crippen molar-refractivity contribution in [2.24, 2.45) is 0 Å². The molecule has 0 spiro atoms. The van der Waals surface area contributed by atoms with Gasteiger partial charge in [-0.25, -0.2) is 13.6 Å². The normalized spacial score (nSPS) is 17.1. The number of anilines is 2. The first kappa shape index (κ1) is 18.2. The number of aryl methyl sites for hydroxylation is 1. The molecule has 1 aliphatic rings. The summed E-state index contributed by atoms with van der Waals surface area (Å²) in [7, 11) is 2.02. The van der Waals surface area contributed by atoms with Crippen molar-refractivity contribution < 1.29 is 13.6 Å². The van der Waals surface area contributed by atoms with Crippen LogP contribution in [0.25, 0.3) is 0 Å². The summed E-state index contributed by atoms with van der Waals surface area (Å²) in [5.41, 5.74) is 2.30. The number of urea groups is 1. The minimum Gasteiger partial charge on any atom is -0.370 e. The molecule has 1 aliphatic heterocycles. The molecule has 0 unspecified atom stereocenters. The Morgan fingerprint density at radius 1 is 1.19 bits per heavy atom. The van der Waals surface area contributed by atoms with Crippen molar-refractivity contribution in [2.45, 2.75) is 25.8 Å². The molecular weight excluding hydrogens is 336 g/mol. The van der Waals surface area contributed by atoms with E-state index < -0.39 is 11.6 Å².